The first-order valence-electron chi connectivity index (χ1n) is 6.06. The minimum atomic E-state index is -1.06. The molecule has 2 N–H and O–H groups in total. The molecular weight excluding hydrogens is 234 g/mol. The van der Waals surface area contributed by atoms with E-state index in [9.17, 15) is 9.59 Å². The van der Waals surface area contributed by atoms with Crippen LogP contribution in [-0.4, -0.2) is 29.3 Å². The third-order valence-electron chi connectivity index (χ3n) is 2.96. The molecule has 0 aliphatic heterocycles. The second-order valence-electron chi connectivity index (χ2n) is 5.75. The number of carboxylic acids is 1. The summed E-state index contributed by atoms with van der Waals surface area (Å²) in [6, 6.07) is -0.957. The first-order valence-corrected chi connectivity index (χ1v) is 6.06. The van der Waals surface area contributed by atoms with Gasteiger partial charge in [-0.25, -0.2) is 9.59 Å². The fourth-order valence-corrected chi connectivity index (χ4v) is 1.76. The van der Waals surface area contributed by atoms with Gasteiger partial charge in [-0.15, -0.1) is 6.58 Å². The molecule has 1 aliphatic rings. The largest absolute Gasteiger partial charge is 0.480 e. The highest BCUT2D eigenvalue weighted by molar-refractivity contribution is 5.80. The first kappa shape index (κ1) is 14.5. The summed E-state index contributed by atoms with van der Waals surface area (Å²) in [5.74, 6) is -0.718. The van der Waals surface area contributed by atoms with Gasteiger partial charge in [0, 0.05) is 5.92 Å². The highest BCUT2D eigenvalue weighted by Crippen LogP contribution is 2.37. The molecule has 1 rings (SSSR count). The smallest absolute Gasteiger partial charge is 0.408 e. The number of hydrogen-bond donors (Lipinski definition) is 2. The van der Waals surface area contributed by atoms with Gasteiger partial charge in [0.1, 0.15) is 12.1 Å². The summed E-state index contributed by atoms with van der Waals surface area (Å²) in [5.41, 5.74) is -0.561. The van der Waals surface area contributed by atoms with Crippen LogP contribution >= 0.6 is 0 Å². The monoisotopic (exact) mass is 255 g/mol. The van der Waals surface area contributed by atoms with Crippen LogP contribution in [0.25, 0.3) is 0 Å². The van der Waals surface area contributed by atoms with Gasteiger partial charge in [-0.3, -0.25) is 0 Å². The molecule has 18 heavy (non-hydrogen) atoms. The second kappa shape index (κ2) is 5.42. The van der Waals surface area contributed by atoms with E-state index in [-0.39, 0.29) is 6.10 Å². The lowest BCUT2D eigenvalue weighted by atomic mass is 9.87. The summed E-state index contributed by atoms with van der Waals surface area (Å²) >= 11 is 0. The van der Waals surface area contributed by atoms with Gasteiger partial charge in [0.15, 0.2) is 0 Å². The van der Waals surface area contributed by atoms with Crippen LogP contribution in [-0.2, 0) is 9.53 Å². The summed E-state index contributed by atoms with van der Waals surface area (Å²) in [6.45, 7) is 8.89. The third kappa shape index (κ3) is 4.05. The number of allylic oxidation sites excluding steroid dienone is 1. The molecule has 5 nitrogen and oxygen atoms in total. The predicted octanol–water partition coefficient (Wildman–Crippen LogP) is 2.18. The van der Waals surface area contributed by atoms with Gasteiger partial charge < -0.3 is 15.2 Å². The number of carboxylic acid groups (broad SMARTS) is 1. The quantitative estimate of drug-likeness (QED) is 0.738. The zero-order valence-corrected chi connectivity index (χ0v) is 11.1. The number of hydrogen-bond acceptors (Lipinski definition) is 3. The number of rotatable bonds is 5. The Morgan fingerprint density at radius 1 is 1.56 bits per heavy atom. The van der Waals surface area contributed by atoms with Crippen molar-refractivity contribution in [1.29, 1.82) is 0 Å². The average Bonchev–Trinajstić information content (AvgIpc) is 2.91. The summed E-state index contributed by atoms with van der Waals surface area (Å²) in [5, 5.41) is 11.5. The SMILES string of the molecule is C=CC[C@@H]1C[C@H]1OC(=O)N[C@H](C(=O)O)C(C)(C)C. The Morgan fingerprint density at radius 2 is 2.17 bits per heavy atom. The maximum atomic E-state index is 11.6. The van der Waals surface area contributed by atoms with E-state index in [1.54, 1.807) is 26.8 Å². The predicted molar refractivity (Wildman–Crippen MR) is 67.2 cm³/mol. The molecule has 0 saturated heterocycles. The van der Waals surface area contributed by atoms with Gasteiger partial charge in [0.2, 0.25) is 0 Å². The molecule has 1 aliphatic carbocycles. The molecule has 0 unspecified atom stereocenters. The van der Waals surface area contributed by atoms with Crippen LogP contribution in [0.5, 0.6) is 0 Å². The number of amides is 1. The number of ether oxygens (including phenoxy) is 1. The fraction of sp³-hybridized carbons (Fsp3) is 0.692. The lowest BCUT2D eigenvalue weighted by molar-refractivity contribution is -0.142. The normalized spacial score (nSPS) is 23.9. The molecule has 0 aromatic heterocycles. The van der Waals surface area contributed by atoms with E-state index < -0.39 is 23.5 Å². The van der Waals surface area contributed by atoms with E-state index in [0.717, 1.165) is 12.8 Å². The van der Waals surface area contributed by atoms with Crippen molar-refractivity contribution in [1.82, 2.24) is 5.32 Å². The Bertz CT molecular complexity index is 345. The molecule has 5 heteroatoms. The van der Waals surface area contributed by atoms with Gasteiger partial charge >= 0.3 is 12.1 Å². The molecule has 102 valence electrons. The van der Waals surface area contributed by atoms with Crippen LogP contribution in [0.15, 0.2) is 12.7 Å². The Labute approximate surface area is 107 Å². The van der Waals surface area contributed by atoms with Crippen LogP contribution in [0.1, 0.15) is 33.6 Å². The molecule has 0 aromatic carbocycles. The van der Waals surface area contributed by atoms with Crippen LogP contribution in [0.3, 0.4) is 0 Å². The van der Waals surface area contributed by atoms with E-state index in [2.05, 4.69) is 11.9 Å². The summed E-state index contributed by atoms with van der Waals surface area (Å²) in [6.07, 6.45) is 2.68. The van der Waals surface area contributed by atoms with Crippen LogP contribution < -0.4 is 5.32 Å². The average molecular weight is 255 g/mol. The summed E-state index contributed by atoms with van der Waals surface area (Å²) < 4.78 is 5.14. The lowest BCUT2D eigenvalue weighted by Gasteiger charge is -2.27. The van der Waals surface area contributed by atoms with E-state index in [4.69, 9.17) is 9.84 Å². The molecule has 1 saturated carbocycles. The molecule has 0 heterocycles. The van der Waals surface area contributed by atoms with Crippen molar-refractivity contribution in [2.75, 3.05) is 0 Å². The fourth-order valence-electron chi connectivity index (χ4n) is 1.76. The van der Waals surface area contributed by atoms with Crippen molar-refractivity contribution in [3.05, 3.63) is 12.7 Å². The van der Waals surface area contributed by atoms with Crippen LogP contribution in [0, 0.1) is 11.3 Å². The molecule has 1 amide bonds. The van der Waals surface area contributed by atoms with Gasteiger partial charge in [-0.05, 0) is 18.3 Å². The molecule has 0 radical (unpaired) electrons. The topological polar surface area (TPSA) is 75.6 Å². The maximum Gasteiger partial charge on any atom is 0.408 e. The zero-order valence-electron chi connectivity index (χ0n) is 11.1. The van der Waals surface area contributed by atoms with Crippen molar-refractivity contribution in [3.8, 4) is 0 Å². The van der Waals surface area contributed by atoms with E-state index in [1.165, 1.54) is 0 Å². The standard InChI is InChI=1S/C13H21NO4/c1-5-6-8-7-9(8)18-12(17)14-10(11(15)16)13(2,3)4/h5,8-10H,1,6-7H2,2-4H3,(H,14,17)(H,15,16)/t8-,9-,10-/m1/s1. The van der Waals surface area contributed by atoms with E-state index in [0.29, 0.717) is 5.92 Å². The van der Waals surface area contributed by atoms with E-state index in [1.807, 2.05) is 0 Å². The second-order valence-corrected chi connectivity index (χ2v) is 5.75. The van der Waals surface area contributed by atoms with Gasteiger partial charge in [0.05, 0.1) is 0 Å². The first-order chi connectivity index (χ1) is 8.25. The third-order valence-corrected chi connectivity index (χ3v) is 2.96. The Kier molecular flexibility index (Phi) is 4.38. The van der Waals surface area contributed by atoms with Crippen LogP contribution in [0.2, 0.25) is 0 Å². The van der Waals surface area contributed by atoms with Gasteiger partial charge in [-0.2, -0.15) is 0 Å². The van der Waals surface area contributed by atoms with E-state index >= 15 is 0 Å². The number of nitrogens with one attached hydrogen (secondary N) is 1. The van der Waals surface area contributed by atoms with Gasteiger partial charge in [-0.1, -0.05) is 26.8 Å². The number of carbonyl (C=O) groups excluding carboxylic acids is 1. The number of carbonyl (C=O) groups is 2. The zero-order chi connectivity index (χ0) is 13.9. The number of alkyl carbamates (subject to hydrolysis) is 1. The minimum Gasteiger partial charge on any atom is -0.480 e. The lowest BCUT2D eigenvalue weighted by Crippen LogP contribution is -2.49. The summed E-state index contributed by atoms with van der Waals surface area (Å²) in [7, 11) is 0. The Balaban J connectivity index is 2.44. The highest BCUT2D eigenvalue weighted by Gasteiger charge is 2.41. The molecular formula is C13H21NO4. The van der Waals surface area contributed by atoms with Crippen molar-refractivity contribution in [2.24, 2.45) is 11.3 Å². The molecule has 0 aromatic rings. The van der Waals surface area contributed by atoms with Gasteiger partial charge in [0.25, 0.3) is 0 Å². The molecule has 0 bridgehead atoms. The minimum absolute atomic E-state index is 0.0996. The maximum absolute atomic E-state index is 11.6. The summed E-state index contributed by atoms with van der Waals surface area (Å²) in [4.78, 5) is 22.6. The molecule has 0 spiro atoms. The Morgan fingerprint density at radius 3 is 2.61 bits per heavy atom. The van der Waals surface area contributed by atoms with Crippen molar-refractivity contribution >= 4 is 12.1 Å². The van der Waals surface area contributed by atoms with Crippen molar-refractivity contribution < 1.29 is 19.4 Å². The number of aliphatic carboxylic acids is 1. The Hall–Kier alpha value is -1.52. The molecule has 1 fully saturated rings. The highest BCUT2D eigenvalue weighted by atomic mass is 16.6. The van der Waals surface area contributed by atoms with Crippen LogP contribution in [0.4, 0.5) is 4.79 Å². The van der Waals surface area contributed by atoms with Crippen molar-refractivity contribution in [2.45, 2.75) is 45.8 Å². The molecule has 3 atom stereocenters. The van der Waals surface area contributed by atoms with Crippen molar-refractivity contribution in [3.63, 3.8) is 0 Å².